The fourth-order valence-electron chi connectivity index (χ4n) is 1.01. The maximum absolute atomic E-state index is 11.3. The summed E-state index contributed by atoms with van der Waals surface area (Å²) in [5, 5.41) is 8.50. The van der Waals surface area contributed by atoms with Gasteiger partial charge in [0.25, 0.3) is 0 Å². The molecule has 0 aliphatic heterocycles. The van der Waals surface area contributed by atoms with E-state index in [-0.39, 0.29) is 12.4 Å². The van der Waals surface area contributed by atoms with Crippen molar-refractivity contribution in [2.24, 2.45) is 0 Å². The first-order valence-corrected chi connectivity index (χ1v) is 4.53. The number of allylic oxidation sites excluding steroid dienone is 2. The molecule has 0 unspecified atom stereocenters. The lowest BCUT2D eigenvalue weighted by atomic mass is 10.1. The Morgan fingerprint density at radius 2 is 2.08 bits per heavy atom. The lowest BCUT2D eigenvalue weighted by Gasteiger charge is -1.99. The third kappa shape index (κ3) is 5.08. The number of hydrogen-bond acceptors (Lipinski definition) is 2. The minimum atomic E-state index is 0.184. The van der Waals surface area contributed by atoms with Gasteiger partial charge >= 0.3 is 0 Å². The van der Waals surface area contributed by atoms with Gasteiger partial charge in [0, 0.05) is 13.0 Å². The van der Waals surface area contributed by atoms with Crippen LogP contribution in [0.25, 0.3) is 0 Å². The molecule has 0 saturated heterocycles. The second-order valence-electron chi connectivity index (χ2n) is 2.90. The summed E-state index contributed by atoms with van der Waals surface area (Å²) in [4.78, 5) is 11.3. The van der Waals surface area contributed by atoms with Crippen LogP contribution in [0.5, 0.6) is 0 Å². The summed E-state index contributed by atoms with van der Waals surface area (Å²) in [6.45, 7) is 4.05. The molecule has 0 aliphatic rings. The lowest BCUT2D eigenvalue weighted by molar-refractivity contribution is -0.115. The number of carbonyl (C=O) groups excluding carboxylic acids is 1. The Bertz CT molecular complexity index is 159. The number of ketones is 1. The van der Waals surface area contributed by atoms with Crippen LogP contribution in [-0.2, 0) is 4.79 Å². The molecule has 0 atom stereocenters. The van der Waals surface area contributed by atoms with E-state index in [4.69, 9.17) is 5.11 Å². The van der Waals surface area contributed by atoms with E-state index in [1.165, 1.54) is 0 Å². The van der Waals surface area contributed by atoms with Crippen LogP contribution in [0.3, 0.4) is 0 Å². The topological polar surface area (TPSA) is 37.3 Å². The van der Waals surface area contributed by atoms with Gasteiger partial charge in [-0.05, 0) is 31.8 Å². The van der Waals surface area contributed by atoms with Gasteiger partial charge in [0.15, 0.2) is 5.78 Å². The van der Waals surface area contributed by atoms with Crippen molar-refractivity contribution >= 4 is 5.78 Å². The Morgan fingerprint density at radius 1 is 1.42 bits per heavy atom. The number of carbonyl (C=O) groups is 1. The third-order valence-electron chi connectivity index (χ3n) is 1.76. The van der Waals surface area contributed by atoms with Crippen molar-refractivity contribution in [2.75, 3.05) is 6.61 Å². The Kier molecular flexibility index (Phi) is 6.67. The lowest BCUT2D eigenvalue weighted by Crippen LogP contribution is -1.99. The summed E-state index contributed by atoms with van der Waals surface area (Å²) in [5.74, 6) is 0.213. The number of hydrogen-bond donors (Lipinski definition) is 1. The summed E-state index contributed by atoms with van der Waals surface area (Å²) >= 11 is 0. The van der Waals surface area contributed by atoms with Crippen molar-refractivity contribution in [2.45, 2.75) is 39.5 Å². The molecular formula is C10H18O2. The summed E-state index contributed by atoms with van der Waals surface area (Å²) in [7, 11) is 0. The van der Waals surface area contributed by atoms with Gasteiger partial charge in [0.2, 0.25) is 0 Å². The van der Waals surface area contributed by atoms with Crippen molar-refractivity contribution in [3.05, 3.63) is 11.6 Å². The predicted molar refractivity (Wildman–Crippen MR) is 50.0 cm³/mol. The molecule has 0 aromatic carbocycles. The molecule has 0 fully saturated rings. The first-order chi connectivity index (χ1) is 5.72. The van der Waals surface area contributed by atoms with Crippen molar-refractivity contribution in [3.8, 4) is 0 Å². The normalized spacial score (nSPS) is 11.8. The van der Waals surface area contributed by atoms with E-state index in [0.29, 0.717) is 6.42 Å². The maximum Gasteiger partial charge on any atom is 0.158 e. The van der Waals surface area contributed by atoms with E-state index in [2.05, 4.69) is 0 Å². The highest BCUT2D eigenvalue weighted by Crippen LogP contribution is 2.04. The zero-order chi connectivity index (χ0) is 9.40. The van der Waals surface area contributed by atoms with Gasteiger partial charge in [-0.3, -0.25) is 4.79 Å². The van der Waals surface area contributed by atoms with Crippen LogP contribution in [0, 0.1) is 0 Å². The van der Waals surface area contributed by atoms with Gasteiger partial charge in [-0.1, -0.05) is 13.0 Å². The quantitative estimate of drug-likeness (QED) is 0.489. The summed E-state index contributed by atoms with van der Waals surface area (Å²) in [6.07, 6.45) is 4.96. The SMILES string of the molecule is CCC=C(C)C(=O)CCCCO. The molecule has 0 heterocycles. The van der Waals surface area contributed by atoms with E-state index >= 15 is 0 Å². The summed E-state index contributed by atoms with van der Waals surface area (Å²) in [6, 6.07) is 0. The first-order valence-electron chi connectivity index (χ1n) is 4.53. The number of aliphatic hydroxyl groups is 1. The zero-order valence-electron chi connectivity index (χ0n) is 7.97. The van der Waals surface area contributed by atoms with Crippen LogP contribution in [-0.4, -0.2) is 17.5 Å². The fraction of sp³-hybridized carbons (Fsp3) is 0.700. The monoisotopic (exact) mass is 170 g/mol. The molecular weight excluding hydrogens is 152 g/mol. The van der Waals surface area contributed by atoms with Crippen molar-refractivity contribution in [1.29, 1.82) is 0 Å². The van der Waals surface area contributed by atoms with Gasteiger partial charge < -0.3 is 5.11 Å². The molecule has 2 nitrogen and oxygen atoms in total. The molecule has 0 aromatic rings. The van der Waals surface area contributed by atoms with Gasteiger partial charge in [-0.25, -0.2) is 0 Å². The Hall–Kier alpha value is -0.630. The Balaban J connectivity index is 3.64. The van der Waals surface area contributed by atoms with Crippen molar-refractivity contribution in [1.82, 2.24) is 0 Å². The summed E-state index contributed by atoms with van der Waals surface area (Å²) < 4.78 is 0. The van der Waals surface area contributed by atoms with E-state index in [1.807, 2.05) is 19.9 Å². The van der Waals surface area contributed by atoms with E-state index in [9.17, 15) is 4.79 Å². The largest absolute Gasteiger partial charge is 0.396 e. The van der Waals surface area contributed by atoms with Crippen LogP contribution in [0.15, 0.2) is 11.6 Å². The number of aliphatic hydroxyl groups excluding tert-OH is 1. The Labute approximate surface area is 74.3 Å². The smallest absolute Gasteiger partial charge is 0.158 e. The van der Waals surface area contributed by atoms with Crippen LogP contribution in [0.4, 0.5) is 0 Å². The highest BCUT2D eigenvalue weighted by Gasteiger charge is 2.02. The average molecular weight is 170 g/mol. The third-order valence-corrected chi connectivity index (χ3v) is 1.76. The van der Waals surface area contributed by atoms with E-state index < -0.39 is 0 Å². The van der Waals surface area contributed by atoms with Crippen LogP contribution in [0.1, 0.15) is 39.5 Å². The van der Waals surface area contributed by atoms with Gasteiger partial charge in [-0.15, -0.1) is 0 Å². The number of Topliss-reactive ketones (excluding diaryl/α,β-unsaturated/α-hetero) is 1. The van der Waals surface area contributed by atoms with Gasteiger partial charge in [0.05, 0.1) is 0 Å². The number of unbranched alkanes of at least 4 members (excludes halogenated alkanes) is 1. The molecule has 0 saturated carbocycles. The minimum Gasteiger partial charge on any atom is -0.396 e. The molecule has 0 aromatic heterocycles. The van der Waals surface area contributed by atoms with Crippen molar-refractivity contribution in [3.63, 3.8) is 0 Å². The average Bonchev–Trinajstić information content (AvgIpc) is 2.05. The molecule has 0 aliphatic carbocycles. The summed E-state index contributed by atoms with van der Waals surface area (Å²) in [5.41, 5.74) is 0.857. The van der Waals surface area contributed by atoms with Crippen molar-refractivity contribution < 1.29 is 9.90 Å². The molecule has 0 spiro atoms. The van der Waals surface area contributed by atoms with Crippen LogP contribution in [0.2, 0.25) is 0 Å². The molecule has 0 radical (unpaired) electrons. The zero-order valence-corrected chi connectivity index (χ0v) is 7.97. The second-order valence-corrected chi connectivity index (χ2v) is 2.90. The minimum absolute atomic E-state index is 0.184. The first kappa shape index (κ1) is 11.4. The molecule has 0 amide bonds. The molecule has 2 heteroatoms. The molecule has 1 N–H and O–H groups in total. The molecule has 0 bridgehead atoms. The van der Waals surface area contributed by atoms with Gasteiger partial charge in [0.1, 0.15) is 0 Å². The highest BCUT2D eigenvalue weighted by molar-refractivity contribution is 5.94. The van der Waals surface area contributed by atoms with Crippen LogP contribution >= 0.6 is 0 Å². The molecule has 12 heavy (non-hydrogen) atoms. The van der Waals surface area contributed by atoms with E-state index in [1.54, 1.807) is 0 Å². The Morgan fingerprint density at radius 3 is 2.58 bits per heavy atom. The highest BCUT2D eigenvalue weighted by atomic mass is 16.2. The fourth-order valence-corrected chi connectivity index (χ4v) is 1.01. The maximum atomic E-state index is 11.3. The standard InChI is InChI=1S/C10H18O2/c1-3-6-9(2)10(12)7-4-5-8-11/h6,11H,3-5,7-8H2,1-2H3. The molecule has 0 rings (SSSR count). The number of rotatable bonds is 6. The molecule has 70 valence electrons. The second kappa shape index (κ2) is 7.04. The van der Waals surface area contributed by atoms with Crippen LogP contribution < -0.4 is 0 Å². The predicted octanol–water partition coefficient (Wildman–Crippen LogP) is 2.07. The van der Waals surface area contributed by atoms with E-state index in [0.717, 1.165) is 24.8 Å². The van der Waals surface area contributed by atoms with Gasteiger partial charge in [-0.2, -0.15) is 0 Å².